The molecule has 3 fully saturated rings. The van der Waals surface area contributed by atoms with Gasteiger partial charge in [0.1, 0.15) is 23.6 Å². The van der Waals surface area contributed by atoms with Gasteiger partial charge in [-0.25, -0.2) is 0 Å². The van der Waals surface area contributed by atoms with Gasteiger partial charge in [0.15, 0.2) is 0 Å². The molecule has 1 aliphatic carbocycles. The van der Waals surface area contributed by atoms with E-state index in [2.05, 4.69) is 15.2 Å². The molecule has 0 bridgehead atoms. The number of hydrogen-bond donors (Lipinski definition) is 1. The van der Waals surface area contributed by atoms with E-state index in [1.165, 1.54) is 17.2 Å². The molecule has 1 saturated carbocycles. The SMILES string of the molecule is O=C1CCC(N2Cc3cc(OC4CCCC4N4CC(c5ccc(C(F)(F)F)nc5)C4)ccc3C2=O)C(=O)N1. The van der Waals surface area contributed by atoms with Crippen LogP contribution < -0.4 is 10.1 Å². The van der Waals surface area contributed by atoms with E-state index in [-0.39, 0.29) is 36.3 Å². The molecule has 1 N–H and O–H groups in total. The van der Waals surface area contributed by atoms with Gasteiger partial charge in [-0.05, 0) is 61.1 Å². The summed E-state index contributed by atoms with van der Waals surface area (Å²) in [6.07, 6.45) is 0.289. The lowest BCUT2D eigenvalue weighted by molar-refractivity contribution is -0.141. The molecule has 3 amide bonds. The fourth-order valence-corrected chi connectivity index (χ4v) is 6.07. The minimum atomic E-state index is -4.44. The Hall–Kier alpha value is -3.47. The number of halogens is 3. The minimum absolute atomic E-state index is 0.0249. The highest BCUT2D eigenvalue weighted by atomic mass is 19.4. The highest BCUT2D eigenvalue weighted by Crippen LogP contribution is 2.38. The van der Waals surface area contributed by atoms with Crippen LogP contribution in [-0.2, 0) is 22.3 Å². The number of carbonyl (C=O) groups is 3. The van der Waals surface area contributed by atoms with Crippen molar-refractivity contribution >= 4 is 17.7 Å². The maximum atomic E-state index is 12.9. The third kappa shape index (κ3) is 4.53. The van der Waals surface area contributed by atoms with Crippen LogP contribution in [0.5, 0.6) is 5.75 Å². The van der Waals surface area contributed by atoms with Gasteiger partial charge in [0, 0.05) is 49.8 Å². The molecule has 4 aliphatic rings. The third-order valence-corrected chi connectivity index (χ3v) is 8.13. The van der Waals surface area contributed by atoms with Crippen LogP contribution in [0.1, 0.15) is 65.2 Å². The zero-order chi connectivity index (χ0) is 26.6. The highest BCUT2D eigenvalue weighted by molar-refractivity contribution is 6.05. The summed E-state index contributed by atoms with van der Waals surface area (Å²) < 4.78 is 44.8. The Morgan fingerprint density at radius 1 is 1.03 bits per heavy atom. The predicted octanol–water partition coefficient (Wildman–Crippen LogP) is 3.26. The second-order valence-corrected chi connectivity index (χ2v) is 10.5. The summed E-state index contributed by atoms with van der Waals surface area (Å²) in [7, 11) is 0. The molecule has 11 heteroatoms. The van der Waals surface area contributed by atoms with Gasteiger partial charge in [-0.15, -0.1) is 0 Å². The molecule has 38 heavy (non-hydrogen) atoms. The van der Waals surface area contributed by atoms with Gasteiger partial charge in [-0.1, -0.05) is 6.07 Å². The summed E-state index contributed by atoms with van der Waals surface area (Å²) in [5.41, 5.74) is 1.28. The zero-order valence-corrected chi connectivity index (χ0v) is 20.5. The lowest BCUT2D eigenvalue weighted by Gasteiger charge is -2.45. The van der Waals surface area contributed by atoms with Gasteiger partial charge in [-0.3, -0.25) is 29.6 Å². The van der Waals surface area contributed by atoms with E-state index in [0.29, 0.717) is 24.3 Å². The number of likely N-dealkylation sites (tertiary alicyclic amines) is 1. The number of pyridine rings is 1. The number of carbonyl (C=O) groups excluding carboxylic acids is 3. The highest BCUT2D eigenvalue weighted by Gasteiger charge is 2.42. The molecule has 4 heterocycles. The average molecular weight is 529 g/mol. The average Bonchev–Trinajstić information content (AvgIpc) is 3.42. The van der Waals surface area contributed by atoms with Crippen LogP contribution in [0.3, 0.4) is 0 Å². The summed E-state index contributed by atoms with van der Waals surface area (Å²) in [5.74, 6) is -0.156. The monoisotopic (exact) mass is 528 g/mol. The Labute approximate surface area is 217 Å². The smallest absolute Gasteiger partial charge is 0.433 e. The standard InChI is InChI=1S/C27H27F3N4O4/c28-27(29,30)23-8-4-15(11-31-23)17-12-33(13-17)20-2-1-3-22(20)38-18-5-6-19-16(10-18)14-34(26(19)37)21-7-9-24(35)32-25(21)36/h4-6,8,10-11,17,20-22H,1-3,7,9,12-14H2,(H,32,35,36). The normalized spacial score (nSPS) is 26.3. The van der Waals surface area contributed by atoms with Crippen molar-refractivity contribution < 1.29 is 32.3 Å². The van der Waals surface area contributed by atoms with Crippen LogP contribution in [-0.4, -0.2) is 63.8 Å². The summed E-state index contributed by atoms with van der Waals surface area (Å²) in [6.45, 7) is 1.79. The number of ether oxygens (including phenoxy) is 1. The van der Waals surface area contributed by atoms with Crippen LogP contribution >= 0.6 is 0 Å². The molecule has 200 valence electrons. The fraction of sp³-hybridized carbons (Fsp3) is 0.481. The number of nitrogens with zero attached hydrogens (tertiary/aromatic N) is 3. The topological polar surface area (TPSA) is 91.8 Å². The number of fused-ring (bicyclic) bond motifs is 1. The zero-order valence-electron chi connectivity index (χ0n) is 20.5. The van der Waals surface area contributed by atoms with Crippen molar-refractivity contribution in [2.75, 3.05) is 13.1 Å². The molecule has 2 saturated heterocycles. The Kier molecular flexibility index (Phi) is 6.13. The molecule has 3 atom stereocenters. The van der Waals surface area contributed by atoms with Crippen LogP contribution in [0, 0.1) is 0 Å². The quantitative estimate of drug-likeness (QED) is 0.600. The number of amides is 3. The fourth-order valence-electron chi connectivity index (χ4n) is 6.07. The minimum Gasteiger partial charge on any atom is -0.489 e. The van der Waals surface area contributed by atoms with Crippen molar-refractivity contribution in [3.63, 3.8) is 0 Å². The van der Waals surface area contributed by atoms with Crippen LogP contribution in [0.15, 0.2) is 36.5 Å². The number of alkyl halides is 3. The van der Waals surface area contributed by atoms with Crippen molar-refractivity contribution in [1.29, 1.82) is 0 Å². The van der Waals surface area contributed by atoms with Crippen molar-refractivity contribution in [3.8, 4) is 5.75 Å². The largest absolute Gasteiger partial charge is 0.489 e. The molecule has 3 unspecified atom stereocenters. The number of rotatable bonds is 5. The van der Waals surface area contributed by atoms with Crippen molar-refractivity contribution in [2.45, 2.75) is 68.9 Å². The second-order valence-electron chi connectivity index (χ2n) is 10.5. The number of benzene rings is 1. The number of nitrogens with one attached hydrogen (secondary N) is 1. The van der Waals surface area contributed by atoms with E-state index in [1.54, 1.807) is 12.1 Å². The maximum Gasteiger partial charge on any atom is 0.433 e. The molecule has 1 aromatic heterocycles. The van der Waals surface area contributed by atoms with E-state index < -0.39 is 23.8 Å². The third-order valence-electron chi connectivity index (χ3n) is 8.13. The number of imide groups is 1. The van der Waals surface area contributed by atoms with Gasteiger partial charge in [0.25, 0.3) is 5.91 Å². The molecule has 0 radical (unpaired) electrons. The molecular weight excluding hydrogens is 501 g/mol. The molecule has 8 nitrogen and oxygen atoms in total. The van der Waals surface area contributed by atoms with Crippen LogP contribution in [0.25, 0.3) is 0 Å². The van der Waals surface area contributed by atoms with Crippen molar-refractivity contribution in [1.82, 2.24) is 20.1 Å². The lowest BCUT2D eigenvalue weighted by Crippen LogP contribution is -2.54. The molecular formula is C27H27F3N4O4. The Balaban J connectivity index is 1.08. The van der Waals surface area contributed by atoms with Gasteiger partial charge < -0.3 is 9.64 Å². The molecule has 3 aliphatic heterocycles. The van der Waals surface area contributed by atoms with Crippen molar-refractivity contribution in [2.24, 2.45) is 0 Å². The number of hydrogen-bond acceptors (Lipinski definition) is 6. The Bertz CT molecular complexity index is 1280. The summed E-state index contributed by atoms with van der Waals surface area (Å²) >= 11 is 0. The van der Waals surface area contributed by atoms with Crippen LogP contribution in [0.4, 0.5) is 13.2 Å². The summed E-state index contributed by atoms with van der Waals surface area (Å²) in [4.78, 5) is 44.1. The van der Waals surface area contributed by atoms with E-state index in [4.69, 9.17) is 4.74 Å². The molecule has 1 aromatic carbocycles. The van der Waals surface area contributed by atoms with E-state index in [1.807, 2.05) is 6.07 Å². The molecule has 0 spiro atoms. The van der Waals surface area contributed by atoms with E-state index >= 15 is 0 Å². The first kappa shape index (κ1) is 24.8. The van der Waals surface area contributed by atoms with Gasteiger partial charge in [-0.2, -0.15) is 13.2 Å². The molecule has 6 rings (SSSR count). The first-order chi connectivity index (χ1) is 18.2. The number of piperidine rings is 1. The predicted molar refractivity (Wildman–Crippen MR) is 128 cm³/mol. The van der Waals surface area contributed by atoms with E-state index in [0.717, 1.165) is 49.5 Å². The van der Waals surface area contributed by atoms with Gasteiger partial charge in [0.2, 0.25) is 11.8 Å². The first-order valence-electron chi connectivity index (χ1n) is 12.9. The first-order valence-corrected chi connectivity index (χ1v) is 12.9. The Morgan fingerprint density at radius 3 is 2.55 bits per heavy atom. The van der Waals surface area contributed by atoms with Gasteiger partial charge >= 0.3 is 6.18 Å². The summed E-state index contributed by atoms with van der Waals surface area (Å²) in [6, 6.07) is 7.50. The van der Waals surface area contributed by atoms with Crippen molar-refractivity contribution in [3.05, 3.63) is 58.9 Å². The lowest BCUT2D eigenvalue weighted by atomic mass is 9.90. The van der Waals surface area contributed by atoms with E-state index in [9.17, 15) is 27.6 Å². The molecule has 2 aromatic rings. The number of aromatic nitrogens is 1. The second kappa shape index (κ2) is 9.37. The van der Waals surface area contributed by atoms with Crippen LogP contribution in [0.2, 0.25) is 0 Å². The Morgan fingerprint density at radius 2 is 1.84 bits per heavy atom. The summed E-state index contributed by atoms with van der Waals surface area (Å²) in [5, 5.41) is 2.31. The maximum absolute atomic E-state index is 12.9. The van der Waals surface area contributed by atoms with Gasteiger partial charge in [0.05, 0.1) is 0 Å².